The number of nitrogens with zero attached hydrogens (tertiary/aromatic N) is 2. The summed E-state index contributed by atoms with van der Waals surface area (Å²) in [5.41, 5.74) is 3.13. The van der Waals surface area contributed by atoms with Gasteiger partial charge in [-0.1, -0.05) is 19.1 Å². The van der Waals surface area contributed by atoms with E-state index in [2.05, 4.69) is 17.2 Å². The lowest BCUT2D eigenvalue weighted by Crippen LogP contribution is -2.83. The molecule has 1 aromatic heterocycles. The normalized spacial score (nSPS) is 16.0. The first-order valence-electron chi connectivity index (χ1n) is 15.0. The molecule has 0 aliphatic carbocycles. The highest BCUT2D eigenvalue weighted by atomic mass is 19.4. The summed E-state index contributed by atoms with van der Waals surface area (Å²) in [6, 6.07) is 13.4. The average Bonchev–Trinajstić information content (AvgIpc) is 3.36. The van der Waals surface area contributed by atoms with Gasteiger partial charge in [-0.15, -0.1) is 0 Å². The highest BCUT2D eigenvalue weighted by molar-refractivity contribution is 5.96. The number of benzene rings is 2. The Kier molecular flexibility index (Phi) is 12.7. The van der Waals surface area contributed by atoms with Crippen LogP contribution >= 0.6 is 0 Å². The number of hydrogen-bond donors (Lipinski definition) is 2. The van der Waals surface area contributed by atoms with Crippen LogP contribution in [0.2, 0.25) is 0 Å². The van der Waals surface area contributed by atoms with E-state index in [0.29, 0.717) is 49.9 Å². The molecule has 3 aromatic rings. The van der Waals surface area contributed by atoms with Gasteiger partial charge in [-0.05, 0) is 62.2 Å². The Morgan fingerprint density at radius 1 is 1.04 bits per heavy atom. The van der Waals surface area contributed by atoms with Gasteiger partial charge in [-0.2, -0.15) is 13.2 Å². The Balaban J connectivity index is 0.000000771. The predicted molar refractivity (Wildman–Crippen MR) is 161 cm³/mol. The number of aliphatic carboxylic acids is 1. The molecule has 14 heteroatoms. The zero-order valence-corrected chi connectivity index (χ0v) is 26.2. The molecule has 1 aliphatic heterocycles. The number of pyridine rings is 1. The predicted octanol–water partition coefficient (Wildman–Crippen LogP) is 3.97. The second-order valence-corrected chi connectivity index (χ2v) is 10.9. The molecule has 4 rings (SSSR count). The number of carboxylic acid groups (broad SMARTS) is 2. The molecule has 0 radical (unpaired) electrons. The average molecular weight is 664 g/mol. The van der Waals surface area contributed by atoms with Crippen molar-refractivity contribution in [1.82, 2.24) is 4.98 Å². The summed E-state index contributed by atoms with van der Waals surface area (Å²) in [7, 11) is 0. The molecule has 2 heterocycles. The molecule has 1 aliphatic rings. The van der Waals surface area contributed by atoms with Gasteiger partial charge in [-0.3, -0.25) is 4.79 Å². The maximum atomic E-state index is 13.6. The number of alkyl halides is 3. The topological polar surface area (TPSA) is 146 Å². The molecule has 1 atom stereocenters. The van der Waals surface area contributed by atoms with E-state index < -0.39 is 18.1 Å². The second-order valence-electron chi connectivity index (χ2n) is 10.9. The van der Waals surface area contributed by atoms with Crippen LogP contribution in [-0.4, -0.2) is 60.4 Å². The van der Waals surface area contributed by atoms with E-state index in [1.807, 2.05) is 26.0 Å². The van der Waals surface area contributed by atoms with E-state index in [0.717, 1.165) is 36.1 Å². The van der Waals surface area contributed by atoms with Gasteiger partial charge < -0.3 is 34.7 Å². The van der Waals surface area contributed by atoms with Crippen LogP contribution in [0.4, 0.5) is 23.2 Å². The van der Waals surface area contributed by atoms with Gasteiger partial charge in [0.25, 0.3) is 0 Å². The van der Waals surface area contributed by atoms with Gasteiger partial charge in [0.05, 0.1) is 37.2 Å². The molecule has 1 amide bonds. The SMILES string of the molecule is CCOc1cc(C[NH2+]CCC2(CC)CC(=O)N(c3ccc(C(=O)O)nc3)C2)cc(OCC)c1-c1ccc(F)cc1.O=C([O-])C(F)(F)F. The van der Waals surface area contributed by atoms with Gasteiger partial charge in [-0.25, -0.2) is 14.2 Å². The molecule has 254 valence electrons. The molecule has 1 fully saturated rings. The molecule has 2 aromatic carbocycles. The maximum Gasteiger partial charge on any atom is 0.430 e. The number of anilines is 1. The minimum absolute atomic E-state index is 0.0332. The summed E-state index contributed by atoms with van der Waals surface area (Å²) in [4.78, 5) is 38.5. The Morgan fingerprint density at radius 2 is 1.64 bits per heavy atom. The Morgan fingerprint density at radius 3 is 2.11 bits per heavy atom. The number of carboxylic acids is 2. The Bertz CT molecular complexity index is 1510. The molecule has 0 spiro atoms. The fourth-order valence-corrected chi connectivity index (χ4v) is 5.26. The van der Waals surface area contributed by atoms with Crippen LogP contribution in [0.15, 0.2) is 54.7 Å². The number of aromatic nitrogens is 1. The number of nitrogens with two attached hydrogens (primary N) is 1. The Labute approximate surface area is 269 Å². The number of ether oxygens (including phenoxy) is 2. The fourth-order valence-electron chi connectivity index (χ4n) is 5.26. The maximum absolute atomic E-state index is 13.6. The van der Waals surface area contributed by atoms with Crippen molar-refractivity contribution in [2.45, 2.75) is 52.8 Å². The number of hydrogen-bond acceptors (Lipinski definition) is 7. The third-order valence-corrected chi connectivity index (χ3v) is 7.70. The van der Waals surface area contributed by atoms with Crippen molar-refractivity contribution >= 4 is 23.5 Å². The van der Waals surface area contributed by atoms with Gasteiger partial charge in [0.2, 0.25) is 5.91 Å². The summed E-state index contributed by atoms with van der Waals surface area (Å²) < 4.78 is 57.1. The highest BCUT2D eigenvalue weighted by Crippen LogP contribution is 2.41. The van der Waals surface area contributed by atoms with Crippen LogP contribution in [-0.2, 0) is 16.1 Å². The molecule has 0 saturated carbocycles. The van der Waals surface area contributed by atoms with E-state index in [-0.39, 0.29) is 22.8 Å². The summed E-state index contributed by atoms with van der Waals surface area (Å²) in [6.07, 6.45) is -1.57. The summed E-state index contributed by atoms with van der Waals surface area (Å²) in [5.74, 6) is -2.96. The van der Waals surface area contributed by atoms with E-state index in [9.17, 15) is 27.2 Å². The molecular formula is C33H37F4N3O7. The molecule has 3 N–H and O–H groups in total. The van der Waals surface area contributed by atoms with Crippen molar-refractivity contribution < 1.29 is 56.9 Å². The van der Waals surface area contributed by atoms with E-state index in [4.69, 9.17) is 24.5 Å². The largest absolute Gasteiger partial charge is 0.542 e. The van der Waals surface area contributed by atoms with Crippen molar-refractivity contribution in [3.8, 4) is 22.6 Å². The Hall–Kier alpha value is -4.72. The monoisotopic (exact) mass is 663 g/mol. The smallest absolute Gasteiger partial charge is 0.430 e. The van der Waals surface area contributed by atoms with Crippen LogP contribution < -0.4 is 24.8 Å². The molecular weight excluding hydrogens is 626 g/mol. The number of aromatic carboxylic acids is 1. The number of rotatable bonds is 13. The van der Waals surface area contributed by atoms with E-state index in [1.165, 1.54) is 24.4 Å². The van der Waals surface area contributed by atoms with Gasteiger partial charge in [0, 0.05) is 30.4 Å². The summed E-state index contributed by atoms with van der Waals surface area (Å²) in [5, 5.41) is 20.1. The third kappa shape index (κ3) is 9.88. The number of carbonyl (C=O) groups excluding carboxylic acids is 2. The first-order chi connectivity index (χ1) is 22.2. The van der Waals surface area contributed by atoms with Crippen LogP contribution in [0.1, 0.15) is 56.1 Å². The standard InChI is InChI=1S/C31H36FN3O5.C2HF3O2/c1-4-31(17-28(36)35(20-31)24-11-12-25(30(37)38)34-19-24)13-14-33-18-21-15-26(39-5-2)29(27(16-21)40-6-3)22-7-9-23(32)10-8-22;3-2(4,5)1(6)7/h7-12,15-16,19,33H,4-6,13-14,17-18,20H2,1-3H3,(H,37,38);(H,6,7). The second kappa shape index (κ2) is 16.2. The minimum Gasteiger partial charge on any atom is -0.542 e. The zero-order chi connectivity index (χ0) is 34.8. The van der Waals surface area contributed by atoms with Gasteiger partial charge in [0.15, 0.2) is 0 Å². The number of carbonyl (C=O) groups is 3. The summed E-state index contributed by atoms with van der Waals surface area (Å²) in [6.45, 7) is 9.08. The molecule has 1 saturated heterocycles. The van der Waals surface area contributed by atoms with Crippen molar-refractivity contribution in [3.63, 3.8) is 0 Å². The van der Waals surface area contributed by atoms with Crippen LogP contribution in [0, 0.1) is 11.2 Å². The number of quaternary nitrogens is 1. The highest BCUT2D eigenvalue weighted by Gasteiger charge is 2.42. The first-order valence-corrected chi connectivity index (χ1v) is 15.0. The van der Waals surface area contributed by atoms with Gasteiger partial charge >= 0.3 is 12.1 Å². The lowest BCUT2D eigenvalue weighted by molar-refractivity contribution is -0.672. The van der Waals surface area contributed by atoms with E-state index in [1.54, 1.807) is 23.1 Å². The van der Waals surface area contributed by atoms with Crippen molar-refractivity contribution in [2.75, 3.05) is 31.2 Å². The lowest BCUT2D eigenvalue weighted by atomic mass is 9.81. The lowest BCUT2D eigenvalue weighted by Gasteiger charge is -2.26. The number of halogens is 4. The van der Waals surface area contributed by atoms with Crippen LogP contribution in [0.5, 0.6) is 11.5 Å². The first kappa shape index (κ1) is 36.7. The number of amides is 1. The summed E-state index contributed by atoms with van der Waals surface area (Å²) >= 11 is 0. The third-order valence-electron chi connectivity index (χ3n) is 7.70. The minimum atomic E-state index is -5.19. The molecule has 10 nitrogen and oxygen atoms in total. The van der Waals surface area contributed by atoms with Crippen LogP contribution in [0.25, 0.3) is 11.1 Å². The van der Waals surface area contributed by atoms with Crippen molar-refractivity contribution in [3.05, 3.63) is 71.8 Å². The van der Waals surface area contributed by atoms with Crippen molar-refractivity contribution in [2.24, 2.45) is 5.41 Å². The van der Waals surface area contributed by atoms with Crippen LogP contribution in [0.3, 0.4) is 0 Å². The van der Waals surface area contributed by atoms with Gasteiger partial charge in [0.1, 0.15) is 35.5 Å². The van der Waals surface area contributed by atoms with Crippen molar-refractivity contribution in [1.29, 1.82) is 0 Å². The van der Waals surface area contributed by atoms with E-state index >= 15 is 0 Å². The fraction of sp³-hybridized carbons (Fsp3) is 0.394. The zero-order valence-electron chi connectivity index (χ0n) is 26.2. The molecule has 1 unspecified atom stereocenters. The molecule has 0 bridgehead atoms. The molecule has 47 heavy (non-hydrogen) atoms. The quantitative estimate of drug-likeness (QED) is 0.207.